The second kappa shape index (κ2) is 5.27. The Labute approximate surface area is 119 Å². The molecule has 0 aliphatic carbocycles. The second-order valence-electron chi connectivity index (χ2n) is 5.49. The Morgan fingerprint density at radius 3 is 2.45 bits per heavy atom. The molecule has 0 spiro atoms. The molecule has 110 valence electrons. The monoisotopic (exact) mass is 297 g/mol. The highest BCUT2D eigenvalue weighted by atomic mass is 32.2. The van der Waals surface area contributed by atoms with Gasteiger partial charge in [0.15, 0.2) is 5.78 Å². The van der Waals surface area contributed by atoms with Crippen molar-refractivity contribution in [2.45, 2.75) is 37.2 Å². The molecule has 6 heteroatoms. The molecule has 1 N–H and O–H groups in total. The third-order valence-electron chi connectivity index (χ3n) is 3.68. The van der Waals surface area contributed by atoms with Crippen LogP contribution >= 0.6 is 0 Å². The maximum atomic E-state index is 12.5. The largest absolute Gasteiger partial charge is 0.390 e. The molecule has 0 atom stereocenters. The van der Waals surface area contributed by atoms with Gasteiger partial charge in [-0.1, -0.05) is 12.1 Å². The quantitative estimate of drug-likeness (QED) is 0.856. The summed E-state index contributed by atoms with van der Waals surface area (Å²) < 4.78 is 26.4. The molecule has 0 bridgehead atoms. The number of sulfonamides is 1. The van der Waals surface area contributed by atoms with Crippen molar-refractivity contribution < 1.29 is 18.3 Å². The molecule has 1 heterocycles. The fourth-order valence-corrected chi connectivity index (χ4v) is 3.72. The van der Waals surface area contributed by atoms with Crippen molar-refractivity contribution in [2.75, 3.05) is 13.1 Å². The molecule has 1 aromatic carbocycles. The number of carbonyl (C=O) groups excluding carboxylic acids is 1. The van der Waals surface area contributed by atoms with E-state index < -0.39 is 15.6 Å². The van der Waals surface area contributed by atoms with Crippen LogP contribution in [-0.2, 0) is 10.0 Å². The summed E-state index contributed by atoms with van der Waals surface area (Å²) in [4.78, 5) is 11.5. The average molecular weight is 297 g/mol. The minimum absolute atomic E-state index is 0.131. The molecule has 1 fully saturated rings. The Balaban J connectivity index is 2.27. The van der Waals surface area contributed by atoms with Crippen LogP contribution in [0.1, 0.15) is 37.0 Å². The topological polar surface area (TPSA) is 74.7 Å². The first kappa shape index (κ1) is 15.2. The van der Waals surface area contributed by atoms with Crippen LogP contribution < -0.4 is 0 Å². The number of ketones is 1. The van der Waals surface area contributed by atoms with Gasteiger partial charge < -0.3 is 5.11 Å². The maximum Gasteiger partial charge on any atom is 0.243 e. The third-order valence-corrected chi connectivity index (χ3v) is 5.57. The minimum atomic E-state index is -3.60. The van der Waals surface area contributed by atoms with E-state index in [9.17, 15) is 18.3 Å². The van der Waals surface area contributed by atoms with Crippen molar-refractivity contribution in [1.29, 1.82) is 0 Å². The summed E-state index contributed by atoms with van der Waals surface area (Å²) in [5.74, 6) is -0.163. The maximum absolute atomic E-state index is 12.5. The number of piperidine rings is 1. The number of aliphatic hydroxyl groups is 1. The van der Waals surface area contributed by atoms with Gasteiger partial charge in [0.2, 0.25) is 10.0 Å². The molecule has 0 saturated carbocycles. The molecule has 1 aliphatic heterocycles. The van der Waals surface area contributed by atoms with Crippen molar-refractivity contribution in [3.8, 4) is 0 Å². The Morgan fingerprint density at radius 2 is 1.90 bits per heavy atom. The number of hydrogen-bond donors (Lipinski definition) is 1. The second-order valence-corrected chi connectivity index (χ2v) is 7.42. The van der Waals surface area contributed by atoms with Crippen LogP contribution in [0.15, 0.2) is 29.2 Å². The molecule has 2 rings (SSSR count). The normalized spacial score (nSPS) is 19.8. The zero-order chi connectivity index (χ0) is 15.0. The predicted octanol–water partition coefficient (Wildman–Crippen LogP) is 1.42. The van der Waals surface area contributed by atoms with E-state index >= 15 is 0 Å². The van der Waals surface area contributed by atoms with Gasteiger partial charge in [-0.15, -0.1) is 0 Å². The van der Waals surface area contributed by atoms with Gasteiger partial charge in [-0.05, 0) is 38.8 Å². The Morgan fingerprint density at radius 1 is 1.30 bits per heavy atom. The number of rotatable bonds is 3. The molecular weight excluding hydrogens is 278 g/mol. The molecule has 20 heavy (non-hydrogen) atoms. The van der Waals surface area contributed by atoms with E-state index in [1.807, 2.05) is 0 Å². The van der Waals surface area contributed by atoms with Gasteiger partial charge >= 0.3 is 0 Å². The zero-order valence-electron chi connectivity index (χ0n) is 11.7. The van der Waals surface area contributed by atoms with Crippen LogP contribution in [0, 0.1) is 0 Å². The smallest absolute Gasteiger partial charge is 0.243 e. The lowest BCUT2D eigenvalue weighted by Gasteiger charge is -2.35. The average Bonchev–Trinajstić information content (AvgIpc) is 2.38. The van der Waals surface area contributed by atoms with Gasteiger partial charge in [-0.25, -0.2) is 8.42 Å². The van der Waals surface area contributed by atoms with Crippen molar-refractivity contribution in [3.05, 3.63) is 29.8 Å². The lowest BCUT2D eigenvalue weighted by Crippen LogP contribution is -2.45. The number of benzene rings is 1. The van der Waals surface area contributed by atoms with Gasteiger partial charge in [0.1, 0.15) is 0 Å². The Bertz CT molecular complexity index is 612. The Kier molecular flexibility index (Phi) is 4.00. The van der Waals surface area contributed by atoms with E-state index in [0.717, 1.165) is 0 Å². The number of Topliss-reactive ketones (excluding diaryl/α,β-unsaturated/α-hetero) is 1. The van der Waals surface area contributed by atoms with Crippen molar-refractivity contribution in [2.24, 2.45) is 0 Å². The molecule has 0 aromatic heterocycles. The summed E-state index contributed by atoms with van der Waals surface area (Å²) in [7, 11) is -3.60. The van der Waals surface area contributed by atoms with Crippen LogP contribution in [0.25, 0.3) is 0 Å². The fourth-order valence-electron chi connectivity index (χ4n) is 2.23. The van der Waals surface area contributed by atoms with E-state index in [2.05, 4.69) is 0 Å². The molecule has 0 unspecified atom stereocenters. The van der Waals surface area contributed by atoms with Gasteiger partial charge in [0.05, 0.1) is 10.5 Å². The van der Waals surface area contributed by atoms with Crippen molar-refractivity contribution in [3.63, 3.8) is 0 Å². The number of nitrogens with zero attached hydrogens (tertiary/aromatic N) is 1. The van der Waals surface area contributed by atoms with Crippen LogP contribution in [-0.4, -0.2) is 42.3 Å². The molecule has 5 nitrogen and oxygen atoms in total. The molecule has 1 saturated heterocycles. The first-order valence-corrected chi connectivity index (χ1v) is 8.00. The van der Waals surface area contributed by atoms with Crippen LogP contribution in [0.5, 0.6) is 0 Å². The van der Waals surface area contributed by atoms with E-state index in [1.54, 1.807) is 19.1 Å². The standard InChI is InChI=1S/C14H19NO4S/c1-11(16)12-4-3-5-13(10-12)20(18,19)15-8-6-14(2,17)7-9-15/h3-5,10,17H,6-9H2,1-2H3. The van der Waals surface area contributed by atoms with E-state index in [4.69, 9.17) is 0 Å². The molecular formula is C14H19NO4S. The molecule has 0 radical (unpaired) electrons. The molecule has 1 aromatic rings. The Hall–Kier alpha value is -1.24. The summed E-state index contributed by atoms with van der Waals surface area (Å²) in [6, 6.07) is 6.07. The summed E-state index contributed by atoms with van der Waals surface area (Å²) in [6.45, 7) is 3.70. The first-order valence-electron chi connectivity index (χ1n) is 6.56. The summed E-state index contributed by atoms with van der Waals surface area (Å²) in [6.07, 6.45) is 0.831. The summed E-state index contributed by atoms with van der Waals surface area (Å²) >= 11 is 0. The zero-order valence-corrected chi connectivity index (χ0v) is 12.5. The first-order chi connectivity index (χ1) is 9.22. The highest BCUT2D eigenvalue weighted by molar-refractivity contribution is 7.89. The summed E-state index contributed by atoms with van der Waals surface area (Å²) in [5.41, 5.74) is -0.414. The van der Waals surface area contributed by atoms with Crippen LogP contribution in [0.4, 0.5) is 0 Å². The summed E-state index contributed by atoms with van der Waals surface area (Å²) in [5, 5.41) is 9.88. The van der Waals surface area contributed by atoms with Crippen molar-refractivity contribution in [1.82, 2.24) is 4.31 Å². The lowest BCUT2D eigenvalue weighted by molar-refractivity contribution is 0.0126. The minimum Gasteiger partial charge on any atom is -0.390 e. The molecule has 1 aliphatic rings. The van der Waals surface area contributed by atoms with Crippen molar-refractivity contribution >= 4 is 15.8 Å². The fraction of sp³-hybridized carbons (Fsp3) is 0.500. The number of carbonyl (C=O) groups is 1. The SMILES string of the molecule is CC(=O)c1cccc(S(=O)(=O)N2CCC(C)(O)CC2)c1. The van der Waals surface area contributed by atoms with E-state index in [-0.39, 0.29) is 10.7 Å². The van der Waals surface area contributed by atoms with E-state index in [1.165, 1.54) is 23.4 Å². The van der Waals surface area contributed by atoms with Gasteiger partial charge in [-0.3, -0.25) is 4.79 Å². The lowest BCUT2D eigenvalue weighted by atomic mass is 9.95. The third kappa shape index (κ3) is 3.08. The van der Waals surface area contributed by atoms with Crippen LogP contribution in [0.2, 0.25) is 0 Å². The van der Waals surface area contributed by atoms with Gasteiger partial charge in [0, 0.05) is 18.7 Å². The predicted molar refractivity (Wildman–Crippen MR) is 75.1 cm³/mol. The van der Waals surface area contributed by atoms with E-state index in [0.29, 0.717) is 31.5 Å². The number of hydrogen-bond acceptors (Lipinski definition) is 4. The highest BCUT2D eigenvalue weighted by Crippen LogP contribution is 2.26. The highest BCUT2D eigenvalue weighted by Gasteiger charge is 2.34. The molecule has 0 amide bonds. The van der Waals surface area contributed by atoms with Gasteiger partial charge in [-0.2, -0.15) is 4.31 Å². The van der Waals surface area contributed by atoms with Crippen LogP contribution in [0.3, 0.4) is 0 Å². The van der Waals surface area contributed by atoms with Gasteiger partial charge in [0.25, 0.3) is 0 Å².